The molecular weight excluding hydrogens is 248 g/mol. The third-order valence-electron chi connectivity index (χ3n) is 1.90. The number of hydrogen-bond donors (Lipinski definition) is 0. The van der Waals surface area contributed by atoms with Gasteiger partial charge >= 0.3 is 0 Å². The van der Waals surface area contributed by atoms with Gasteiger partial charge in [0.2, 0.25) is 0 Å². The minimum absolute atomic E-state index is 0.132. The van der Waals surface area contributed by atoms with E-state index >= 15 is 0 Å². The lowest BCUT2D eigenvalue weighted by Crippen LogP contribution is -2.01. The quantitative estimate of drug-likeness (QED) is 0.782. The van der Waals surface area contributed by atoms with Crippen molar-refractivity contribution in [2.75, 3.05) is 6.61 Å². The van der Waals surface area contributed by atoms with Crippen LogP contribution in [0.15, 0.2) is 29.7 Å². The van der Waals surface area contributed by atoms with E-state index in [4.69, 9.17) is 11.6 Å². The van der Waals surface area contributed by atoms with Crippen molar-refractivity contribution in [3.63, 3.8) is 0 Å². The van der Waals surface area contributed by atoms with E-state index in [1.807, 2.05) is 0 Å². The van der Waals surface area contributed by atoms with E-state index in [-0.39, 0.29) is 6.61 Å². The molecule has 0 saturated carbocycles. The van der Waals surface area contributed by atoms with Gasteiger partial charge in [0.1, 0.15) is 0 Å². The van der Waals surface area contributed by atoms with E-state index in [0.29, 0.717) is 10.6 Å². The Kier molecular flexibility index (Phi) is 4.53. The summed E-state index contributed by atoms with van der Waals surface area (Å²) in [7, 11) is -3.58. The summed E-state index contributed by atoms with van der Waals surface area (Å²) in [5.41, 5.74) is 1.41. The van der Waals surface area contributed by atoms with Gasteiger partial charge in [0.15, 0.2) is 0 Å². The molecule has 3 nitrogen and oxygen atoms in total. The Morgan fingerprint density at radius 2 is 1.94 bits per heavy atom. The van der Waals surface area contributed by atoms with Crippen LogP contribution in [0.25, 0.3) is 5.57 Å². The van der Waals surface area contributed by atoms with Gasteiger partial charge in [0.05, 0.1) is 12.0 Å². The van der Waals surface area contributed by atoms with Crippen LogP contribution in [0.5, 0.6) is 0 Å². The topological polar surface area (TPSA) is 43.4 Å². The van der Waals surface area contributed by atoms with E-state index in [1.165, 1.54) is 0 Å². The molecule has 0 bridgehead atoms. The molecule has 16 heavy (non-hydrogen) atoms. The van der Waals surface area contributed by atoms with Crippen LogP contribution >= 0.6 is 11.6 Å². The van der Waals surface area contributed by atoms with Crippen LogP contribution in [-0.2, 0) is 14.3 Å². The van der Waals surface area contributed by atoms with Gasteiger partial charge in [-0.05, 0) is 37.1 Å². The van der Waals surface area contributed by atoms with Gasteiger partial charge in [-0.3, -0.25) is 4.18 Å². The summed E-state index contributed by atoms with van der Waals surface area (Å²) in [5.74, 6) is 0. The average molecular weight is 261 g/mol. The highest BCUT2D eigenvalue weighted by atomic mass is 35.5. The summed E-state index contributed by atoms with van der Waals surface area (Å²) in [5, 5.41) is 1.73. The standard InChI is InChI=1S/C11H13ClO3S/c1-3-15-16(13,14)8-9(2)10-4-6-11(12)7-5-10/h4-8H,3H2,1-2H3. The predicted octanol–water partition coefficient (Wildman–Crippen LogP) is 3.07. The third-order valence-corrected chi connectivity index (χ3v) is 3.36. The Balaban J connectivity index is 2.98. The van der Waals surface area contributed by atoms with Gasteiger partial charge in [-0.15, -0.1) is 0 Å². The Bertz CT molecular complexity index is 474. The molecule has 5 heteroatoms. The molecule has 1 rings (SSSR count). The first-order valence-corrected chi connectivity index (χ1v) is 6.63. The molecule has 0 aromatic heterocycles. The molecule has 0 saturated heterocycles. The second kappa shape index (κ2) is 5.48. The SMILES string of the molecule is CCOS(=O)(=O)C=C(C)c1ccc(Cl)cc1. The van der Waals surface area contributed by atoms with E-state index in [9.17, 15) is 8.42 Å². The summed E-state index contributed by atoms with van der Waals surface area (Å²) in [6.45, 7) is 3.47. The van der Waals surface area contributed by atoms with Crippen molar-refractivity contribution in [2.24, 2.45) is 0 Å². The lowest BCUT2D eigenvalue weighted by Gasteiger charge is -2.02. The van der Waals surface area contributed by atoms with Gasteiger partial charge in [0.25, 0.3) is 10.1 Å². The second-order valence-corrected chi connectivity index (χ2v) is 5.10. The van der Waals surface area contributed by atoms with Crippen LogP contribution in [0.3, 0.4) is 0 Å². The summed E-state index contributed by atoms with van der Waals surface area (Å²) >= 11 is 5.74. The Morgan fingerprint density at radius 3 is 2.44 bits per heavy atom. The molecule has 0 radical (unpaired) electrons. The minimum Gasteiger partial charge on any atom is -0.267 e. The largest absolute Gasteiger partial charge is 0.290 e. The monoisotopic (exact) mass is 260 g/mol. The number of rotatable bonds is 4. The minimum atomic E-state index is -3.58. The maximum absolute atomic E-state index is 11.4. The molecule has 0 aliphatic heterocycles. The first-order chi connectivity index (χ1) is 7.44. The van der Waals surface area contributed by atoms with Crippen molar-refractivity contribution >= 4 is 27.3 Å². The highest BCUT2D eigenvalue weighted by Gasteiger charge is 2.07. The normalized spacial score (nSPS) is 12.8. The van der Waals surface area contributed by atoms with Gasteiger partial charge in [-0.25, -0.2) is 0 Å². The summed E-state index contributed by atoms with van der Waals surface area (Å²) in [6, 6.07) is 6.94. The van der Waals surface area contributed by atoms with Crippen molar-refractivity contribution in [1.29, 1.82) is 0 Å². The number of hydrogen-bond acceptors (Lipinski definition) is 3. The zero-order valence-corrected chi connectivity index (χ0v) is 10.7. The molecule has 88 valence electrons. The van der Waals surface area contributed by atoms with E-state index in [2.05, 4.69) is 4.18 Å². The molecule has 1 aromatic rings. The summed E-state index contributed by atoms with van der Waals surface area (Å²) in [6.07, 6.45) is 0. The summed E-state index contributed by atoms with van der Waals surface area (Å²) < 4.78 is 27.3. The molecule has 0 aliphatic rings. The molecule has 0 spiro atoms. The number of allylic oxidation sites excluding steroid dienone is 1. The molecule has 0 unspecified atom stereocenters. The molecule has 0 N–H and O–H groups in total. The van der Waals surface area contributed by atoms with Gasteiger partial charge in [0, 0.05) is 5.02 Å². The van der Waals surface area contributed by atoms with Crippen LogP contribution in [0, 0.1) is 0 Å². The van der Waals surface area contributed by atoms with Crippen LogP contribution in [-0.4, -0.2) is 15.0 Å². The lowest BCUT2D eigenvalue weighted by atomic mass is 10.1. The van der Waals surface area contributed by atoms with Crippen LogP contribution in [0.1, 0.15) is 19.4 Å². The molecule has 1 aromatic carbocycles. The highest BCUT2D eigenvalue weighted by Crippen LogP contribution is 2.18. The van der Waals surface area contributed by atoms with Crippen molar-refractivity contribution in [3.05, 3.63) is 40.3 Å². The van der Waals surface area contributed by atoms with Crippen LogP contribution in [0.4, 0.5) is 0 Å². The van der Waals surface area contributed by atoms with Crippen molar-refractivity contribution in [2.45, 2.75) is 13.8 Å². The Labute approximate surface area is 101 Å². The zero-order valence-electron chi connectivity index (χ0n) is 9.10. The average Bonchev–Trinajstić information content (AvgIpc) is 2.17. The molecule has 0 fully saturated rings. The number of benzene rings is 1. The van der Waals surface area contributed by atoms with Crippen molar-refractivity contribution in [3.8, 4) is 0 Å². The Morgan fingerprint density at radius 1 is 1.38 bits per heavy atom. The first kappa shape index (κ1) is 13.2. The smallest absolute Gasteiger partial charge is 0.267 e. The van der Waals surface area contributed by atoms with E-state index < -0.39 is 10.1 Å². The van der Waals surface area contributed by atoms with Gasteiger partial charge in [-0.2, -0.15) is 8.42 Å². The molecule has 0 heterocycles. The lowest BCUT2D eigenvalue weighted by molar-refractivity contribution is 0.345. The predicted molar refractivity (Wildman–Crippen MR) is 65.6 cm³/mol. The molecule has 0 aliphatic carbocycles. The van der Waals surface area contributed by atoms with Crippen LogP contribution < -0.4 is 0 Å². The van der Waals surface area contributed by atoms with E-state index in [1.54, 1.807) is 38.1 Å². The third kappa shape index (κ3) is 3.96. The van der Waals surface area contributed by atoms with Crippen LogP contribution in [0.2, 0.25) is 5.02 Å². The Hall–Kier alpha value is -0.840. The van der Waals surface area contributed by atoms with Crippen molar-refractivity contribution < 1.29 is 12.6 Å². The molecule has 0 amide bonds. The fraction of sp³-hybridized carbons (Fsp3) is 0.273. The van der Waals surface area contributed by atoms with Gasteiger partial charge < -0.3 is 0 Å². The highest BCUT2D eigenvalue weighted by molar-refractivity contribution is 7.89. The second-order valence-electron chi connectivity index (χ2n) is 3.21. The first-order valence-electron chi connectivity index (χ1n) is 4.78. The maximum atomic E-state index is 11.4. The maximum Gasteiger partial charge on any atom is 0.290 e. The summed E-state index contributed by atoms with van der Waals surface area (Å²) in [4.78, 5) is 0. The van der Waals surface area contributed by atoms with Gasteiger partial charge in [-0.1, -0.05) is 23.7 Å². The molecular formula is C11H13ClO3S. The fourth-order valence-electron chi connectivity index (χ4n) is 1.20. The van der Waals surface area contributed by atoms with Crippen molar-refractivity contribution in [1.82, 2.24) is 0 Å². The number of halogens is 1. The van der Waals surface area contributed by atoms with E-state index in [0.717, 1.165) is 11.0 Å². The zero-order chi connectivity index (χ0) is 12.2. The molecule has 0 atom stereocenters. The fourth-order valence-corrected chi connectivity index (χ4v) is 2.29.